The van der Waals surface area contributed by atoms with E-state index in [0.29, 0.717) is 6.61 Å². The zero-order chi connectivity index (χ0) is 9.52. The van der Waals surface area contributed by atoms with Gasteiger partial charge in [0.25, 0.3) is 0 Å². The maximum absolute atomic E-state index is 8.85. The quantitative estimate of drug-likeness (QED) is 0.700. The average molecular weight is 177 g/mol. The molecule has 0 unspecified atom stereocenters. The largest absolute Gasteiger partial charge is 0.376 e. The highest BCUT2D eigenvalue weighted by molar-refractivity contribution is 5.13. The number of aliphatic hydroxyl groups is 1. The molecule has 1 aromatic carbocycles. The van der Waals surface area contributed by atoms with E-state index < -0.39 is 6.10 Å². The van der Waals surface area contributed by atoms with Crippen LogP contribution in [0.5, 0.6) is 0 Å². The zero-order valence-electron chi connectivity index (χ0n) is 7.18. The van der Waals surface area contributed by atoms with E-state index >= 15 is 0 Å². The second kappa shape index (κ2) is 5.31. The maximum Gasteiger partial charge on any atom is 0.163 e. The van der Waals surface area contributed by atoms with Crippen molar-refractivity contribution in [2.45, 2.75) is 12.7 Å². The van der Waals surface area contributed by atoms with Crippen molar-refractivity contribution in [3.63, 3.8) is 0 Å². The average Bonchev–Trinajstić information content (AvgIpc) is 2.19. The van der Waals surface area contributed by atoms with Crippen LogP contribution in [0.25, 0.3) is 0 Å². The molecule has 0 fully saturated rings. The van der Waals surface area contributed by atoms with E-state index in [1.165, 1.54) is 0 Å². The van der Waals surface area contributed by atoms with E-state index in [9.17, 15) is 0 Å². The summed E-state index contributed by atoms with van der Waals surface area (Å²) in [7, 11) is 0. The fourth-order valence-electron chi connectivity index (χ4n) is 0.900. The third-order valence-corrected chi connectivity index (χ3v) is 1.54. The van der Waals surface area contributed by atoms with Crippen molar-refractivity contribution in [3.05, 3.63) is 35.9 Å². The van der Waals surface area contributed by atoms with Crippen molar-refractivity contribution in [3.8, 4) is 6.07 Å². The van der Waals surface area contributed by atoms with Gasteiger partial charge in [-0.15, -0.1) is 0 Å². The lowest BCUT2D eigenvalue weighted by molar-refractivity contribution is 0.0535. The van der Waals surface area contributed by atoms with E-state index in [-0.39, 0.29) is 6.61 Å². The Balaban J connectivity index is 2.25. The minimum Gasteiger partial charge on any atom is -0.376 e. The van der Waals surface area contributed by atoms with Crippen LogP contribution in [-0.4, -0.2) is 17.8 Å². The monoisotopic (exact) mass is 177 g/mol. The van der Waals surface area contributed by atoms with Gasteiger partial charge in [0.2, 0.25) is 0 Å². The summed E-state index contributed by atoms with van der Waals surface area (Å²) >= 11 is 0. The lowest BCUT2D eigenvalue weighted by atomic mass is 10.2. The van der Waals surface area contributed by atoms with Crippen LogP contribution in [-0.2, 0) is 11.3 Å². The van der Waals surface area contributed by atoms with Crippen molar-refractivity contribution in [2.24, 2.45) is 0 Å². The minimum absolute atomic E-state index is 0.0609. The Hall–Kier alpha value is -1.37. The summed E-state index contributed by atoms with van der Waals surface area (Å²) in [6.07, 6.45) is -1.02. The van der Waals surface area contributed by atoms with E-state index in [1.807, 2.05) is 30.3 Å². The molecule has 0 saturated heterocycles. The standard InChI is InChI=1S/C10H11NO2/c11-6-10(12)8-13-7-9-4-2-1-3-5-9/h1-5,10,12H,7-8H2/t10-/m1/s1. The van der Waals surface area contributed by atoms with Gasteiger partial charge in [0.1, 0.15) is 0 Å². The normalized spacial score (nSPS) is 12.0. The molecule has 1 atom stereocenters. The molecular formula is C10H11NO2. The molecule has 68 valence electrons. The number of aliphatic hydroxyl groups excluding tert-OH is 1. The minimum atomic E-state index is -1.02. The second-order valence-corrected chi connectivity index (χ2v) is 2.65. The molecule has 3 heteroatoms. The van der Waals surface area contributed by atoms with Gasteiger partial charge in [0.05, 0.1) is 19.3 Å². The molecule has 0 aliphatic rings. The van der Waals surface area contributed by atoms with E-state index in [0.717, 1.165) is 5.56 Å². The van der Waals surface area contributed by atoms with Gasteiger partial charge in [-0.05, 0) is 5.56 Å². The van der Waals surface area contributed by atoms with Crippen LogP contribution < -0.4 is 0 Å². The smallest absolute Gasteiger partial charge is 0.163 e. The van der Waals surface area contributed by atoms with E-state index in [4.69, 9.17) is 15.1 Å². The molecule has 0 aromatic heterocycles. The first-order valence-electron chi connectivity index (χ1n) is 4.02. The fraction of sp³-hybridized carbons (Fsp3) is 0.300. The molecule has 0 saturated carbocycles. The van der Waals surface area contributed by atoms with E-state index in [1.54, 1.807) is 6.07 Å². The molecular weight excluding hydrogens is 166 g/mol. The van der Waals surface area contributed by atoms with Crippen LogP contribution >= 0.6 is 0 Å². The summed E-state index contributed by atoms with van der Waals surface area (Å²) in [5, 5.41) is 17.1. The molecule has 3 nitrogen and oxygen atoms in total. The van der Waals surface area contributed by atoms with Gasteiger partial charge in [-0.25, -0.2) is 0 Å². The lowest BCUT2D eigenvalue weighted by Gasteiger charge is -2.04. The molecule has 0 aliphatic carbocycles. The van der Waals surface area contributed by atoms with Gasteiger partial charge in [-0.2, -0.15) is 5.26 Å². The van der Waals surface area contributed by atoms with Crippen molar-refractivity contribution in [1.29, 1.82) is 5.26 Å². The summed E-state index contributed by atoms with van der Waals surface area (Å²) in [5.74, 6) is 0. The third kappa shape index (κ3) is 3.70. The Morgan fingerprint density at radius 1 is 1.38 bits per heavy atom. The van der Waals surface area contributed by atoms with Crippen molar-refractivity contribution in [1.82, 2.24) is 0 Å². The molecule has 1 N–H and O–H groups in total. The number of ether oxygens (including phenoxy) is 1. The second-order valence-electron chi connectivity index (χ2n) is 2.65. The van der Waals surface area contributed by atoms with Gasteiger partial charge in [-0.3, -0.25) is 0 Å². The van der Waals surface area contributed by atoms with Gasteiger partial charge >= 0.3 is 0 Å². The van der Waals surface area contributed by atoms with E-state index in [2.05, 4.69) is 0 Å². The maximum atomic E-state index is 8.85. The first-order chi connectivity index (χ1) is 6.33. The Labute approximate surface area is 77.2 Å². The number of nitrogens with zero attached hydrogens (tertiary/aromatic N) is 1. The van der Waals surface area contributed by atoms with Crippen LogP contribution in [0.3, 0.4) is 0 Å². The fourth-order valence-corrected chi connectivity index (χ4v) is 0.900. The Morgan fingerprint density at radius 2 is 2.08 bits per heavy atom. The Kier molecular flexibility index (Phi) is 3.97. The van der Waals surface area contributed by atoms with Gasteiger partial charge in [0, 0.05) is 0 Å². The Morgan fingerprint density at radius 3 is 2.69 bits per heavy atom. The van der Waals surface area contributed by atoms with Crippen molar-refractivity contribution < 1.29 is 9.84 Å². The van der Waals surface area contributed by atoms with Crippen LogP contribution in [0, 0.1) is 11.3 Å². The molecule has 0 amide bonds. The molecule has 0 bridgehead atoms. The molecule has 0 heterocycles. The summed E-state index contributed by atoms with van der Waals surface area (Å²) < 4.78 is 5.10. The van der Waals surface area contributed by atoms with Crippen molar-refractivity contribution in [2.75, 3.05) is 6.61 Å². The molecule has 0 radical (unpaired) electrons. The summed E-state index contributed by atoms with van der Waals surface area (Å²) in [5.41, 5.74) is 1.03. The van der Waals surface area contributed by atoms with Crippen LogP contribution in [0.15, 0.2) is 30.3 Å². The van der Waals surface area contributed by atoms with Gasteiger partial charge < -0.3 is 9.84 Å². The molecule has 1 aromatic rings. The van der Waals surface area contributed by atoms with Crippen LogP contribution in [0.4, 0.5) is 0 Å². The Bertz CT molecular complexity index is 279. The van der Waals surface area contributed by atoms with Crippen LogP contribution in [0.2, 0.25) is 0 Å². The van der Waals surface area contributed by atoms with Crippen molar-refractivity contribution >= 4 is 0 Å². The topological polar surface area (TPSA) is 53.2 Å². The number of hydrogen-bond acceptors (Lipinski definition) is 3. The predicted molar refractivity (Wildman–Crippen MR) is 47.7 cm³/mol. The SMILES string of the molecule is N#C[C@@H](O)COCc1ccccc1. The highest BCUT2D eigenvalue weighted by atomic mass is 16.5. The number of hydrogen-bond donors (Lipinski definition) is 1. The summed E-state index contributed by atoms with van der Waals surface area (Å²) in [6.45, 7) is 0.491. The highest BCUT2D eigenvalue weighted by Gasteiger charge is 2.00. The van der Waals surface area contributed by atoms with Gasteiger partial charge in [0.15, 0.2) is 6.10 Å². The molecule has 0 aliphatic heterocycles. The van der Waals surface area contributed by atoms with Gasteiger partial charge in [-0.1, -0.05) is 30.3 Å². The summed E-state index contributed by atoms with van der Waals surface area (Å²) in [4.78, 5) is 0. The number of benzene rings is 1. The first kappa shape index (κ1) is 9.72. The first-order valence-corrected chi connectivity index (χ1v) is 4.02. The number of nitriles is 1. The zero-order valence-corrected chi connectivity index (χ0v) is 7.18. The third-order valence-electron chi connectivity index (χ3n) is 1.54. The molecule has 13 heavy (non-hydrogen) atoms. The molecule has 1 rings (SSSR count). The lowest BCUT2D eigenvalue weighted by Crippen LogP contribution is -2.12. The molecule has 0 spiro atoms. The van der Waals surface area contributed by atoms with Crippen LogP contribution in [0.1, 0.15) is 5.56 Å². The highest BCUT2D eigenvalue weighted by Crippen LogP contribution is 2.00. The summed E-state index contributed by atoms with van der Waals surface area (Å²) in [6, 6.07) is 11.3. The predicted octanol–water partition coefficient (Wildman–Crippen LogP) is 1.09. The number of rotatable bonds is 4.